The average molecular weight is 482 g/mol. The summed E-state index contributed by atoms with van der Waals surface area (Å²) in [5.74, 6) is 0.890. The molecule has 0 aliphatic carbocycles. The van der Waals surface area contributed by atoms with Crippen LogP contribution < -0.4 is 10.6 Å². The normalized spacial score (nSPS) is 15.2. The topological polar surface area (TPSA) is 57.5 Å². The Morgan fingerprint density at radius 2 is 1.89 bits per heavy atom. The van der Waals surface area contributed by atoms with Gasteiger partial charge in [-0.2, -0.15) is 5.10 Å². The molecule has 1 aromatic heterocycles. The molecule has 2 heterocycles. The molecule has 0 spiro atoms. The molecule has 0 radical (unpaired) electrons. The summed E-state index contributed by atoms with van der Waals surface area (Å²) in [5.41, 5.74) is 2.25. The Morgan fingerprint density at radius 3 is 2.56 bits per heavy atom. The Balaban J connectivity index is 0.00000261. The van der Waals surface area contributed by atoms with Crippen molar-refractivity contribution in [2.75, 3.05) is 32.7 Å². The summed E-state index contributed by atoms with van der Waals surface area (Å²) in [6.07, 6.45) is 7.79. The minimum absolute atomic E-state index is 0. The molecule has 0 unspecified atom stereocenters. The number of guanidine groups is 1. The first-order chi connectivity index (χ1) is 12.8. The third kappa shape index (κ3) is 7.14. The number of benzene rings is 1. The lowest BCUT2D eigenvalue weighted by Gasteiger charge is -2.26. The highest BCUT2D eigenvalue weighted by Crippen LogP contribution is 2.09. The van der Waals surface area contributed by atoms with Crippen LogP contribution in [0.2, 0.25) is 0 Å². The van der Waals surface area contributed by atoms with Gasteiger partial charge in [0.1, 0.15) is 0 Å². The third-order valence-electron chi connectivity index (χ3n) is 4.64. The number of nitrogens with one attached hydrogen (secondary N) is 2. The first kappa shape index (κ1) is 21.7. The molecule has 2 aromatic rings. The second-order valence-corrected chi connectivity index (χ2v) is 6.64. The van der Waals surface area contributed by atoms with Crippen LogP contribution in [-0.2, 0) is 6.54 Å². The lowest BCUT2D eigenvalue weighted by molar-refractivity contribution is 0.232. The van der Waals surface area contributed by atoms with Crippen LogP contribution in [0.5, 0.6) is 0 Å². The van der Waals surface area contributed by atoms with Crippen LogP contribution in [0, 0.1) is 0 Å². The standard InChI is InChI=1S/C20H30N6.HI/c1-2-21-20(22-12-16-25-13-4-3-5-14-25)23-17-18-7-9-19(10-8-18)26-15-6-11-24-26;/h6-11,15H,2-5,12-14,16-17H2,1H3,(H2,21,22,23);1H. The van der Waals surface area contributed by atoms with Gasteiger partial charge in [-0.15, -0.1) is 24.0 Å². The summed E-state index contributed by atoms with van der Waals surface area (Å²) in [4.78, 5) is 7.25. The number of nitrogens with zero attached hydrogens (tertiary/aromatic N) is 4. The summed E-state index contributed by atoms with van der Waals surface area (Å²) in [5, 5.41) is 11.0. The van der Waals surface area contributed by atoms with Crippen molar-refractivity contribution >= 4 is 29.9 Å². The first-order valence-electron chi connectivity index (χ1n) is 9.68. The van der Waals surface area contributed by atoms with E-state index < -0.39 is 0 Å². The van der Waals surface area contributed by atoms with E-state index in [-0.39, 0.29) is 24.0 Å². The molecule has 7 heteroatoms. The van der Waals surface area contributed by atoms with Crippen LogP contribution in [-0.4, -0.2) is 53.4 Å². The summed E-state index contributed by atoms with van der Waals surface area (Å²) >= 11 is 0. The van der Waals surface area contributed by atoms with Gasteiger partial charge in [-0.1, -0.05) is 18.6 Å². The second-order valence-electron chi connectivity index (χ2n) is 6.64. The Bertz CT molecular complexity index is 662. The van der Waals surface area contributed by atoms with E-state index in [1.807, 2.05) is 16.9 Å². The van der Waals surface area contributed by atoms with E-state index in [9.17, 15) is 0 Å². The molecule has 0 atom stereocenters. The number of piperidine rings is 1. The zero-order valence-electron chi connectivity index (χ0n) is 16.1. The molecule has 1 aromatic carbocycles. The summed E-state index contributed by atoms with van der Waals surface area (Å²) in [6, 6.07) is 10.3. The molecular formula is C20H31IN6. The van der Waals surface area contributed by atoms with Gasteiger partial charge in [0.25, 0.3) is 0 Å². The zero-order valence-corrected chi connectivity index (χ0v) is 18.4. The van der Waals surface area contributed by atoms with E-state index in [1.165, 1.54) is 37.9 Å². The lowest BCUT2D eigenvalue weighted by Crippen LogP contribution is -2.42. The fourth-order valence-electron chi connectivity index (χ4n) is 3.20. The van der Waals surface area contributed by atoms with Crippen LogP contribution in [0.1, 0.15) is 31.7 Å². The van der Waals surface area contributed by atoms with Crippen LogP contribution in [0.25, 0.3) is 5.69 Å². The molecule has 1 fully saturated rings. The Morgan fingerprint density at radius 1 is 1.11 bits per heavy atom. The van der Waals surface area contributed by atoms with Gasteiger partial charge >= 0.3 is 0 Å². The Hall–Kier alpha value is -1.61. The van der Waals surface area contributed by atoms with Gasteiger partial charge in [-0.25, -0.2) is 9.67 Å². The largest absolute Gasteiger partial charge is 0.357 e. The number of halogens is 1. The maximum Gasteiger partial charge on any atom is 0.191 e. The molecule has 0 bridgehead atoms. The predicted molar refractivity (Wildman–Crippen MR) is 122 cm³/mol. The van der Waals surface area contributed by atoms with Crippen molar-refractivity contribution in [2.24, 2.45) is 4.99 Å². The van der Waals surface area contributed by atoms with Crippen molar-refractivity contribution < 1.29 is 0 Å². The van der Waals surface area contributed by atoms with Crippen LogP contribution in [0.3, 0.4) is 0 Å². The van der Waals surface area contributed by atoms with Crippen molar-refractivity contribution in [3.05, 3.63) is 48.3 Å². The smallest absolute Gasteiger partial charge is 0.191 e. The molecule has 1 aliphatic rings. The zero-order chi connectivity index (χ0) is 18.0. The summed E-state index contributed by atoms with van der Waals surface area (Å²) in [6.45, 7) is 8.12. The summed E-state index contributed by atoms with van der Waals surface area (Å²) in [7, 11) is 0. The Kier molecular flexibility index (Phi) is 9.61. The molecule has 148 valence electrons. The number of rotatable bonds is 7. The van der Waals surface area contributed by atoms with Crippen LogP contribution in [0.15, 0.2) is 47.7 Å². The highest BCUT2D eigenvalue weighted by molar-refractivity contribution is 14.0. The van der Waals surface area contributed by atoms with E-state index in [0.717, 1.165) is 31.3 Å². The molecule has 0 saturated carbocycles. The maximum atomic E-state index is 4.71. The fraction of sp³-hybridized carbons (Fsp3) is 0.500. The van der Waals surface area contributed by atoms with Crippen molar-refractivity contribution in [1.29, 1.82) is 0 Å². The molecule has 3 rings (SSSR count). The van der Waals surface area contributed by atoms with Gasteiger partial charge in [-0.05, 0) is 56.6 Å². The third-order valence-corrected chi connectivity index (χ3v) is 4.64. The quantitative estimate of drug-likeness (QED) is 0.362. The number of hydrogen-bond acceptors (Lipinski definition) is 3. The van der Waals surface area contributed by atoms with E-state index in [2.05, 4.69) is 51.8 Å². The molecule has 1 aliphatic heterocycles. The number of likely N-dealkylation sites (tertiary alicyclic amines) is 1. The van der Waals surface area contributed by atoms with E-state index in [0.29, 0.717) is 6.54 Å². The minimum atomic E-state index is 0. The van der Waals surface area contributed by atoms with Crippen LogP contribution in [0.4, 0.5) is 0 Å². The van der Waals surface area contributed by atoms with Gasteiger partial charge < -0.3 is 15.5 Å². The van der Waals surface area contributed by atoms with Gasteiger partial charge in [0.05, 0.1) is 12.2 Å². The fourth-order valence-corrected chi connectivity index (χ4v) is 3.20. The van der Waals surface area contributed by atoms with Crippen molar-refractivity contribution in [3.63, 3.8) is 0 Å². The second kappa shape index (κ2) is 12.0. The number of aliphatic imine (C=N–C) groups is 1. The molecular weight excluding hydrogens is 451 g/mol. The van der Waals surface area contributed by atoms with E-state index in [1.54, 1.807) is 6.20 Å². The highest BCUT2D eigenvalue weighted by Gasteiger charge is 2.09. The van der Waals surface area contributed by atoms with Crippen molar-refractivity contribution in [3.8, 4) is 5.69 Å². The first-order valence-corrected chi connectivity index (χ1v) is 9.68. The maximum absolute atomic E-state index is 4.71. The minimum Gasteiger partial charge on any atom is -0.357 e. The van der Waals surface area contributed by atoms with Crippen LogP contribution >= 0.6 is 24.0 Å². The molecule has 0 amide bonds. The number of hydrogen-bond donors (Lipinski definition) is 2. The summed E-state index contributed by atoms with van der Waals surface area (Å²) < 4.78 is 1.86. The molecule has 6 nitrogen and oxygen atoms in total. The molecule has 1 saturated heterocycles. The lowest BCUT2D eigenvalue weighted by atomic mass is 10.1. The van der Waals surface area contributed by atoms with Crippen molar-refractivity contribution in [2.45, 2.75) is 32.7 Å². The van der Waals surface area contributed by atoms with Gasteiger partial charge in [0.15, 0.2) is 5.96 Å². The Labute approximate surface area is 179 Å². The predicted octanol–water partition coefficient (Wildman–Crippen LogP) is 3.03. The van der Waals surface area contributed by atoms with Gasteiger partial charge in [-0.3, -0.25) is 0 Å². The molecule has 2 N–H and O–H groups in total. The monoisotopic (exact) mass is 482 g/mol. The van der Waals surface area contributed by atoms with Crippen molar-refractivity contribution in [1.82, 2.24) is 25.3 Å². The average Bonchev–Trinajstić information content (AvgIpc) is 3.22. The van der Waals surface area contributed by atoms with E-state index >= 15 is 0 Å². The SMILES string of the molecule is CCNC(=NCc1ccc(-n2cccn2)cc1)NCCN1CCCCC1.I. The highest BCUT2D eigenvalue weighted by atomic mass is 127. The van der Waals surface area contributed by atoms with Gasteiger partial charge in [0.2, 0.25) is 0 Å². The van der Waals surface area contributed by atoms with Gasteiger partial charge in [0, 0.05) is 32.0 Å². The van der Waals surface area contributed by atoms with E-state index in [4.69, 9.17) is 4.99 Å². The number of aromatic nitrogens is 2. The molecule has 27 heavy (non-hydrogen) atoms.